The van der Waals surface area contributed by atoms with Crippen LogP contribution in [-0.2, 0) is 19.5 Å². The molecule has 1 aliphatic heterocycles. The van der Waals surface area contributed by atoms with Crippen molar-refractivity contribution in [1.29, 1.82) is 0 Å². The van der Waals surface area contributed by atoms with Crippen LogP contribution in [0.25, 0.3) is 0 Å². The molecule has 3 heterocycles. The maximum absolute atomic E-state index is 11.9. The molecule has 0 spiro atoms. The summed E-state index contributed by atoms with van der Waals surface area (Å²) in [5.41, 5.74) is 3.76. The summed E-state index contributed by atoms with van der Waals surface area (Å²) in [5, 5.41) is 6.52. The maximum Gasteiger partial charge on any atom is 0.264 e. The van der Waals surface area contributed by atoms with E-state index in [1.807, 2.05) is 18.3 Å². The van der Waals surface area contributed by atoms with Crippen molar-refractivity contribution in [2.75, 3.05) is 11.4 Å². The molecule has 7 heteroatoms. The number of aromatic nitrogens is 3. The summed E-state index contributed by atoms with van der Waals surface area (Å²) in [7, 11) is 0. The van der Waals surface area contributed by atoms with E-state index in [0.717, 1.165) is 42.4 Å². The number of anilines is 1. The molecule has 0 saturated heterocycles. The molecule has 2 aromatic heterocycles. The quantitative estimate of drug-likeness (QED) is 0.782. The number of carbonyl (C=O) groups is 1. The Morgan fingerprint density at radius 2 is 2.04 bits per heavy atom. The Labute approximate surface area is 149 Å². The van der Waals surface area contributed by atoms with Crippen molar-refractivity contribution in [1.82, 2.24) is 19.9 Å². The Kier molecular flexibility index (Phi) is 4.39. The van der Waals surface area contributed by atoms with Gasteiger partial charge >= 0.3 is 0 Å². The number of hydrogen-bond donors (Lipinski definition) is 1. The highest BCUT2D eigenvalue weighted by atomic mass is 32.1. The van der Waals surface area contributed by atoms with E-state index in [1.165, 1.54) is 17.3 Å². The zero-order chi connectivity index (χ0) is 17.1. The van der Waals surface area contributed by atoms with Gasteiger partial charge in [0.1, 0.15) is 10.7 Å². The van der Waals surface area contributed by atoms with Gasteiger partial charge in [0.05, 0.1) is 6.20 Å². The molecule has 0 radical (unpaired) electrons. The molecule has 1 aromatic carbocycles. The van der Waals surface area contributed by atoms with Gasteiger partial charge in [-0.05, 0) is 40.7 Å². The smallest absolute Gasteiger partial charge is 0.264 e. The lowest BCUT2D eigenvalue weighted by molar-refractivity contribution is 0.0954. The average molecular weight is 351 g/mol. The van der Waals surface area contributed by atoms with Gasteiger partial charge in [0.15, 0.2) is 0 Å². The van der Waals surface area contributed by atoms with Crippen LogP contribution < -0.4 is 10.2 Å². The third-order valence-electron chi connectivity index (χ3n) is 4.30. The van der Waals surface area contributed by atoms with Crippen molar-refractivity contribution in [2.45, 2.75) is 19.5 Å². The Balaban J connectivity index is 1.38. The van der Waals surface area contributed by atoms with E-state index < -0.39 is 0 Å². The minimum Gasteiger partial charge on any atom is -0.352 e. The number of rotatable bonds is 4. The predicted molar refractivity (Wildman–Crippen MR) is 96.5 cm³/mol. The van der Waals surface area contributed by atoms with Gasteiger partial charge in [-0.25, -0.2) is 4.98 Å². The van der Waals surface area contributed by atoms with Crippen LogP contribution in [0.1, 0.15) is 26.4 Å². The van der Waals surface area contributed by atoms with Gasteiger partial charge < -0.3 is 10.2 Å². The van der Waals surface area contributed by atoms with Crippen molar-refractivity contribution in [3.63, 3.8) is 0 Å². The first-order valence-electron chi connectivity index (χ1n) is 8.12. The lowest BCUT2D eigenvalue weighted by Gasteiger charge is -2.29. The largest absolute Gasteiger partial charge is 0.352 e. The molecule has 1 N–H and O–H groups in total. The minimum atomic E-state index is -0.160. The zero-order valence-electron chi connectivity index (χ0n) is 13.6. The molecule has 0 aliphatic carbocycles. The van der Waals surface area contributed by atoms with Crippen LogP contribution in [0.15, 0.2) is 48.8 Å². The summed E-state index contributed by atoms with van der Waals surface area (Å²) in [6.07, 6.45) is 4.33. The van der Waals surface area contributed by atoms with Gasteiger partial charge in [-0.3, -0.25) is 4.79 Å². The van der Waals surface area contributed by atoms with Crippen LogP contribution >= 0.6 is 11.5 Å². The molecule has 0 saturated carbocycles. The fourth-order valence-corrected chi connectivity index (χ4v) is 3.37. The van der Waals surface area contributed by atoms with E-state index in [2.05, 4.69) is 49.1 Å². The van der Waals surface area contributed by atoms with Crippen molar-refractivity contribution in [3.8, 4) is 0 Å². The fourth-order valence-electron chi connectivity index (χ4n) is 2.94. The monoisotopic (exact) mass is 351 g/mol. The molecule has 0 bridgehead atoms. The van der Waals surface area contributed by atoms with E-state index in [0.29, 0.717) is 11.4 Å². The highest BCUT2D eigenvalue weighted by Gasteiger charge is 2.16. The summed E-state index contributed by atoms with van der Waals surface area (Å²) in [6, 6.07) is 12.6. The van der Waals surface area contributed by atoms with Crippen LogP contribution in [0.4, 0.5) is 5.82 Å². The molecule has 1 amide bonds. The number of nitrogens with one attached hydrogen (secondary N) is 1. The summed E-state index contributed by atoms with van der Waals surface area (Å²) < 4.78 is 3.69. The Morgan fingerprint density at radius 1 is 1.16 bits per heavy atom. The molecule has 4 rings (SSSR count). The first-order valence-corrected chi connectivity index (χ1v) is 8.89. The second kappa shape index (κ2) is 6.98. The van der Waals surface area contributed by atoms with E-state index in [-0.39, 0.29) is 5.91 Å². The molecule has 3 aromatic rings. The highest BCUT2D eigenvalue weighted by Crippen LogP contribution is 2.22. The van der Waals surface area contributed by atoms with E-state index in [4.69, 9.17) is 0 Å². The summed E-state index contributed by atoms with van der Waals surface area (Å²) in [4.78, 5) is 19.3. The number of fused-ring (bicyclic) bond motifs is 1. The number of pyridine rings is 1. The molecule has 0 fully saturated rings. The van der Waals surface area contributed by atoms with Crippen molar-refractivity contribution in [2.24, 2.45) is 0 Å². The number of amides is 1. The molecular weight excluding hydrogens is 334 g/mol. The van der Waals surface area contributed by atoms with Gasteiger partial charge in [-0.15, -0.1) is 5.10 Å². The van der Waals surface area contributed by atoms with Crippen LogP contribution in [0.2, 0.25) is 0 Å². The maximum atomic E-state index is 11.9. The molecule has 6 nitrogen and oxygen atoms in total. The van der Waals surface area contributed by atoms with Crippen LogP contribution in [0.3, 0.4) is 0 Å². The summed E-state index contributed by atoms with van der Waals surface area (Å²) >= 11 is 1.09. The molecule has 1 aliphatic rings. The van der Waals surface area contributed by atoms with Gasteiger partial charge in [-0.2, -0.15) is 0 Å². The first-order chi connectivity index (χ1) is 12.3. The highest BCUT2D eigenvalue weighted by molar-refractivity contribution is 7.07. The van der Waals surface area contributed by atoms with Crippen LogP contribution in [-0.4, -0.2) is 27.0 Å². The number of benzene rings is 1. The molecule has 0 atom stereocenters. The Morgan fingerprint density at radius 3 is 2.80 bits per heavy atom. The molecule has 25 heavy (non-hydrogen) atoms. The first kappa shape index (κ1) is 15.7. The van der Waals surface area contributed by atoms with Crippen LogP contribution in [0.5, 0.6) is 0 Å². The van der Waals surface area contributed by atoms with Gasteiger partial charge in [-0.1, -0.05) is 34.8 Å². The Bertz CT molecular complexity index is 863. The standard InChI is InChI=1S/C18H17N5OS/c24-18(16-11-21-22-25-16)20-10-13-5-6-17(19-9-13)23-8-7-14-3-1-2-4-15(14)12-23/h1-6,9,11H,7-8,10,12H2,(H,20,24). The second-order valence-corrected chi connectivity index (χ2v) is 6.72. The molecule has 0 unspecified atom stereocenters. The molecule has 126 valence electrons. The number of carbonyl (C=O) groups excluding carboxylic acids is 1. The zero-order valence-corrected chi connectivity index (χ0v) is 14.4. The Hall–Kier alpha value is -2.80. The lowest BCUT2D eigenvalue weighted by atomic mass is 10.00. The average Bonchev–Trinajstić information content (AvgIpc) is 3.21. The van der Waals surface area contributed by atoms with Gasteiger partial charge in [0.25, 0.3) is 5.91 Å². The summed E-state index contributed by atoms with van der Waals surface area (Å²) in [6.45, 7) is 2.29. The van der Waals surface area contributed by atoms with E-state index in [9.17, 15) is 4.79 Å². The third kappa shape index (κ3) is 3.51. The van der Waals surface area contributed by atoms with Gasteiger partial charge in [0, 0.05) is 25.8 Å². The summed E-state index contributed by atoms with van der Waals surface area (Å²) in [5.74, 6) is 0.808. The second-order valence-electron chi connectivity index (χ2n) is 5.93. The lowest BCUT2D eigenvalue weighted by Crippen LogP contribution is -2.31. The van der Waals surface area contributed by atoms with E-state index in [1.54, 1.807) is 0 Å². The van der Waals surface area contributed by atoms with Gasteiger partial charge in [0.2, 0.25) is 0 Å². The predicted octanol–water partition coefficient (Wildman–Crippen LogP) is 2.43. The fraction of sp³-hybridized carbons (Fsp3) is 0.222. The van der Waals surface area contributed by atoms with E-state index >= 15 is 0 Å². The van der Waals surface area contributed by atoms with Crippen molar-refractivity contribution >= 4 is 23.3 Å². The van der Waals surface area contributed by atoms with Crippen molar-refractivity contribution < 1.29 is 4.79 Å². The number of nitrogens with zero attached hydrogens (tertiary/aromatic N) is 4. The molecular formula is C18H17N5OS. The minimum absolute atomic E-state index is 0.160. The third-order valence-corrected chi connectivity index (χ3v) is 4.97. The normalized spacial score (nSPS) is 13.4. The van der Waals surface area contributed by atoms with Crippen molar-refractivity contribution in [3.05, 3.63) is 70.4 Å². The number of hydrogen-bond acceptors (Lipinski definition) is 6. The van der Waals surface area contributed by atoms with Crippen LogP contribution in [0, 0.1) is 0 Å². The SMILES string of the molecule is O=C(NCc1ccc(N2CCc3ccccc3C2)nc1)c1cnns1. The topological polar surface area (TPSA) is 71.0 Å².